The number of primary amides is 1. The Balaban J connectivity index is 3.00. The van der Waals surface area contributed by atoms with Crippen molar-refractivity contribution >= 4 is 15.9 Å². The topological polar surface area (TPSA) is 92.5 Å². The van der Waals surface area contributed by atoms with E-state index < -0.39 is 15.9 Å². The maximum atomic E-state index is 12.1. The summed E-state index contributed by atoms with van der Waals surface area (Å²) in [5, 5.41) is 3.07. The lowest BCUT2D eigenvalue weighted by atomic mass is 10.1. The molecule has 1 amide bonds. The number of hydrogen-bond donors (Lipinski definition) is 2. The smallest absolute Gasteiger partial charge is 0.243 e. The van der Waals surface area contributed by atoms with Crippen LogP contribution in [0.2, 0.25) is 0 Å². The second kappa shape index (κ2) is 6.14. The van der Waals surface area contributed by atoms with E-state index in [1.807, 2.05) is 14.0 Å². The van der Waals surface area contributed by atoms with Crippen LogP contribution in [0.15, 0.2) is 29.2 Å². The zero-order valence-corrected chi connectivity index (χ0v) is 12.1. The van der Waals surface area contributed by atoms with Crippen LogP contribution >= 0.6 is 0 Å². The highest BCUT2D eigenvalue weighted by molar-refractivity contribution is 7.89. The third kappa shape index (κ3) is 3.76. The van der Waals surface area contributed by atoms with Crippen molar-refractivity contribution in [2.45, 2.75) is 17.9 Å². The van der Waals surface area contributed by atoms with Crippen molar-refractivity contribution in [3.63, 3.8) is 0 Å². The number of nitrogens with one attached hydrogen (secondary N) is 1. The summed E-state index contributed by atoms with van der Waals surface area (Å²) in [6, 6.07) is 6.67. The second-order valence-electron chi connectivity index (χ2n) is 4.31. The van der Waals surface area contributed by atoms with Gasteiger partial charge in [-0.15, -0.1) is 0 Å². The van der Waals surface area contributed by atoms with Crippen molar-refractivity contribution in [3.8, 4) is 0 Å². The molecular weight excluding hydrogens is 266 g/mol. The van der Waals surface area contributed by atoms with Crippen LogP contribution in [0.1, 0.15) is 18.5 Å². The van der Waals surface area contributed by atoms with Crippen molar-refractivity contribution in [2.24, 2.45) is 5.73 Å². The fourth-order valence-corrected chi connectivity index (χ4v) is 2.72. The van der Waals surface area contributed by atoms with E-state index in [-0.39, 0.29) is 17.5 Å². The normalized spacial score (nSPS) is 13.5. The standard InChI is InChI=1S/C12H19N3O3S/c1-9(14-2)10-4-6-11(7-5-10)19(17,18)15(3)8-12(13)16/h4-7,9,14H,8H2,1-3H3,(H2,13,16). The minimum Gasteiger partial charge on any atom is -0.369 e. The minimum atomic E-state index is -3.67. The van der Waals surface area contributed by atoms with Crippen LogP contribution in [0.4, 0.5) is 0 Å². The van der Waals surface area contributed by atoms with Gasteiger partial charge in [-0.2, -0.15) is 4.31 Å². The number of nitrogens with two attached hydrogens (primary N) is 1. The Morgan fingerprint density at radius 3 is 2.32 bits per heavy atom. The summed E-state index contributed by atoms with van der Waals surface area (Å²) >= 11 is 0. The molecule has 0 aliphatic carbocycles. The zero-order valence-electron chi connectivity index (χ0n) is 11.3. The summed E-state index contributed by atoms with van der Waals surface area (Å²) in [5.41, 5.74) is 5.98. The molecule has 106 valence electrons. The summed E-state index contributed by atoms with van der Waals surface area (Å²) in [5.74, 6) is -0.688. The molecular formula is C12H19N3O3S. The number of hydrogen-bond acceptors (Lipinski definition) is 4. The van der Waals surface area contributed by atoms with Gasteiger partial charge in [0.05, 0.1) is 11.4 Å². The fourth-order valence-electron chi connectivity index (χ4n) is 1.58. The molecule has 1 aromatic rings. The molecule has 0 aromatic heterocycles. The van der Waals surface area contributed by atoms with Crippen molar-refractivity contribution in [1.29, 1.82) is 0 Å². The van der Waals surface area contributed by atoms with E-state index in [0.29, 0.717) is 0 Å². The van der Waals surface area contributed by atoms with Crippen LogP contribution in [0.5, 0.6) is 0 Å². The van der Waals surface area contributed by atoms with Gasteiger partial charge in [-0.25, -0.2) is 8.42 Å². The number of sulfonamides is 1. The molecule has 19 heavy (non-hydrogen) atoms. The van der Waals surface area contributed by atoms with E-state index >= 15 is 0 Å². The van der Waals surface area contributed by atoms with Crippen LogP contribution in [-0.4, -0.2) is 39.3 Å². The number of amides is 1. The van der Waals surface area contributed by atoms with Gasteiger partial charge >= 0.3 is 0 Å². The maximum absolute atomic E-state index is 12.1. The lowest BCUT2D eigenvalue weighted by Crippen LogP contribution is -2.35. The maximum Gasteiger partial charge on any atom is 0.243 e. The average Bonchev–Trinajstić information content (AvgIpc) is 2.37. The SMILES string of the molecule is CNC(C)c1ccc(S(=O)(=O)N(C)CC(N)=O)cc1. The number of carbonyl (C=O) groups excluding carboxylic acids is 1. The fraction of sp³-hybridized carbons (Fsp3) is 0.417. The molecule has 0 heterocycles. The van der Waals surface area contributed by atoms with Gasteiger partial charge in [0, 0.05) is 13.1 Å². The van der Waals surface area contributed by atoms with Crippen LogP contribution in [0.25, 0.3) is 0 Å². The Morgan fingerprint density at radius 1 is 1.37 bits per heavy atom. The quantitative estimate of drug-likeness (QED) is 0.774. The number of rotatable bonds is 6. The highest BCUT2D eigenvalue weighted by atomic mass is 32.2. The molecule has 0 fully saturated rings. The van der Waals surface area contributed by atoms with Crippen molar-refractivity contribution in [3.05, 3.63) is 29.8 Å². The molecule has 3 N–H and O–H groups in total. The third-order valence-corrected chi connectivity index (χ3v) is 4.72. The minimum absolute atomic E-state index is 0.139. The molecule has 7 heteroatoms. The van der Waals surface area contributed by atoms with Crippen molar-refractivity contribution < 1.29 is 13.2 Å². The lowest BCUT2D eigenvalue weighted by Gasteiger charge is -2.16. The highest BCUT2D eigenvalue weighted by Gasteiger charge is 2.22. The molecule has 1 aromatic carbocycles. The van der Waals surface area contributed by atoms with Gasteiger partial charge in [-0.3, -0.25) is 4.79 Å². The molecule has 0 saturated heterocycles. The molecule has 0 saturated carbocycles. The Kier molecular flexibility index (Phi) is 5.04. The van der Waals surface area contributed by atoms with E-state index in [0.717, 1.165) is 9.87 Å². The van der Waals surface area contributed by atoms with Crippen molar-refractivity contribution in [1.82, 2.24) is 9.62 Å². The molecule has 1 rings (SSSR count). The Bertz CT molecular complexity index is 540. The average molecular weight is 285 g/mol. The molecule has 0 spiro atoms. The van der Waals surface area contributed by atoms with Gasteiger partial charge in [0.15, 0.2) is 0 Å². The first-order chi connectivity index (χ1) is 8.78. The van der Waals surface area contributed by atoms with Crippen LogP contribution < -0.4 is 11.1 Å². The van der Waals surface area contributed by atoms with Gasteiger partial charge in [0.1, 0.15) is 0 Å². The largest absolute Gasteiger partial charge is 0.369 e. The zero-order chi connectivity index (χ0) is 14.6. The number of nitrogens with zero attached hydrogens (tertiary/aromatic N) is 1. The second-order valence-corrected chi connectivity index (χ2v) is 6.35. The summed E-state index contributed by atoms with van der Waals surface area (Å²) in [4.78, 5) is 10.9. The van der Waals surface area contributed by atoms with E-state index in [4.69, 9.17) is 5.73 Å². The first-order valence-corrected chi connectivity index (χ1v) is 7.25. The van der Waals surface area contributed by atoms with Crippen LogP contribution in [0.3, 0.4) is 0 Å². The lowest BCUT2D eigenvalue weighted by molar-refractivity contribution is -0.118. The van der Waals surface area contributed by atoms with Gasteiger partial charge in [0.2, 0.25) is 15.9 Å². The van der Waals surface area contributed by atoms with E-state index in [1.54, 1.807) is 12.1 Å². The summed E-state index contributed by atoms with van der Waals surface area (Å²) in [7, 11) is -0.518. The molecule has 1 unspecified atom stereocenters. The first-order valence-electron chi connectivity index (χ1n) is 5.81. The summed E-state index contributed by atoms with van der Waals surface area (Å²) in [6.07, 6.45) is 0. The number of likely N-dealkylation sites (N-methyl/N-ethyl adjacent to an activating group) is 1. The van der Waals surface area contributed by atoms with E-state index in [1.165, 1.54) is 19.2 Å². The third-order valence-electron chi connectivity index (χ3n) is 2.90. The van der Waals surface area contributed by atoms with Gasteiger partial charge in [-0.1, -0.05) is 12.1 Å². The molecule has 0 aliphatic heterocycles. The predicted octanol–water partition coefficient (Wildman–Crippen LogP) is 0.0728. The predicted molar refractivity (Wildman–Crippen MR) is 72.9 cm³/mol. The number of benzene rings is 1. The van der Waals surface area contributed by atoms with E-state index in [2.05, 4.69) is 5.32 Å². The van der Waals surface area contributed by atoms with Gasteiger partial charge in [0.25, 0.3) is 0 Å². The van der Waals surface area contributed by atoms with E-state index in [9.17, 15) is 13.2 Å². The van der Waals surface area contributed by atoms with Crippen LogP contribution in [-0.2, 0) is 14.8 Å². The molecule has 0 bridgehead atoms. The van der Waals surface area contributed by atoms with Gasteiger partial charge < -0.3 is 11.1 Å². The Morgan fingerprint density at radius 2 is 1.89 bits per heavy atom. The highest BCUT2D eigenvalue weighted by Crippen LogP contribution is 2.18. The molecule has 0 aliphatic rings. The number of carbonyl (C=O) groups is 1. The van der Waals surface area contributed by atoms with Crippen LogP contribution in [0, 0.1) is 0 Å². The monoisotopic (exact) mass is 285 g/mol. The Labute approximate surface area is 113 Å². The van der Waals surface area contributed by atoms with Gasteiger partial charge in [-0.05, 0) is 31.7 Å². The molecule has 1 atom stereocenters. The molecule has 6 nitrogen and oxygen atoms in total. The summed E-state index contributed by atoms with van der Waals surface area (Å²) in [6.45, 7) is 1.64. The first kappa shape index (κ1) is 15.6. The Hall–Kier alpha value is -1.44. The van der Waals surface area contributed by atoms with Crippen molar-refractivity contribution in [2.75, 3.05) is 20.6 Å². The summed E-state index contributed by atoms with van der Waals surface area (Å²) < 4.78 is 25.2. The molecule has 0 radical (unpaired) electrons.